The molecule has 2 aromatic heterocycles. The number of nitrogens with zero attached hydrogens (tertiary/aromatic N) is 4. The number of nitrogens with one attached hydrogen (secondary N) is 1. The molecule has 27 heavy (non-hydrogen) atoms. The van der Waals surface area contributed by atoms with Crippen molar-refractivity contribution in [2.75, 3.05) is 5.32 Å². The highest BCUT2D eigenvalue weighted by atomic mass is 19.3. The van der Waals surface area contributed by atoms with Crippen LogP contribution < -0.4 is 5.32 Å². The molecule has 0 amide bonds. The van der Waals surface area contributed by atoms with Gasteiger partial charge in [-0.2, -0.15) is 8.78 Å². The van der Waals surface area contributed by atoms with Crippen LogP contribution in [-0.4, -0.2) is 20.2 Å². The fraction of sp³-hybridized carbons (Fsp3) is 0.368. The molecular formula is C19H19F2N5O. The second kappa shape index (κ2) is 7.38. The van der Waals surface area contributed by atoms with Crippen LogP contribution in [0, 0.1) is 0 Å². The first-order valence-corrected chi connectivity index (χ1v) is 8.94. The number of anilines is 1. The van der Waals surface area contributed by atoms with Gasteiger partial charge in [-0.3, -0.25) is 0 Å². The lowest BCUT2D eigenvalue weighted by Gasteiger charge is -2.38. The quantitative estimate of drug-likeness (QED) is 0.698. The lowest BCUT2D eigenvalue weighted by molar-refractivity contribution is 0.116. The number of hydrogen-bond donors (Lipinski definition) is 1. The summed E-state index contributed by atoms with van der Waals surface area (Å²) in [5.74, 6) is -0.247. The van der Waals surface area contributed by atoms with Gasteiger partial charge >= 0.3 is 6.43 Å². The molecule has 0 unspecified atom stereocenters. The van der Waals surface area contributed by atoms with Crippen LogP contribution in [0.15, 0.2) is 47.1 Å². The lowest BCUT2D eigenvalue weighted by atomic mass is 9.76. The Morgan fingerprint density at radius 2 is 1.67 bits per heavy atom. The molecule has 1 aromatic carbocycles. The van der Waals surface area contributed by atoms with Crippen molar-refractivity contribution >= 4 is 5.95 Å². The smallest absolute Gasteiger partial charge is 0.314 e. The third kappa shape index (κ3) is 3.65. The monoisotopic (exact) mass is 371 g/mol. The molecule has 8 heteroatoms. The van der Waals surface area contributed by atoms with Crippen molar-refractivity contribution in [3.8, 4) is 11.5 Å². The van der Waals surface area contributed by atoms with E-state index in [1.54, 1.807) is 0 Å². The lowest BCUT2D eigenvalue weighted by Crippen LogP contribution is -2.38. The summed E-state index contributed by atoms with van der Waals surface area (Å²) in [5.41, 5.74) is 1.42. The van der Waals surface area contributed by atoms with Crippen LogP contribution in [0.2, 0.25) is 0 Å². The van der Waals surface area contributed by atoms with Gasteiger partial charge in [0.05, 0.1) is 11.1 Å². The zero-order valence-electron chi connectivity index (χ0n) is 14.6. The van der Waals surface area contributed by atoms with Crippen LogP contribution in [-0.2, 0) is 5.54 Å². The molecule has 6 nitrogen and oxygen atoms in total. The standard InChI is InChI=1S/C19H19F2N5O/c20-15(21)17-26-25-16(27-17)13-11-22-18(23-12-13)24-19(9-5-2-6-10-19)14-7-3-1-4-8-14/h1,3-4,7-8,11-12,15H,2,5-6,9-10H2,(H,22,23,24). The first-order chi connectivity index (χ1) is 13.2. The number of alkyl halides is 2. The maximum Gasteiger partial charge on any atom is 0.314 e. The maximum atomic E-state index is 12.6. The normalized spacial score (nSPS) is 16.4. The molecule has 3 aromatic rings. The molecule has 0 saturated heterocycles. The predicted octanol–water partition coefficient (Wildman–Crippen LogP) is 4.74. The van der Waals surface area contributed by atoms with Crippen molar-refractivity contribution in [3.63, 3.8) is 0 Å². The highest BCUT2D eigenvalue weighted by Gasteiger charge is 2.34. The summed E-state index contributed by atoms with van der Waals surface area (Å²) in [6, 6.07) is 10.3. The summed E-state index contributed by atoms with van der Waals surface area (Å²) in [7, 11) is 0. The minimum absolute atomic E-state index is 0.0210. The van der Waals surface area contributed by atoms with Gasteiger partial charge in [0.15, 0.2) is 0 Å². The van der Waals surface area contributed by atoms with Crippen molar-refractivity contribution in [2.45, 2.75) is 44.1 Å². The van der Waals surface area contributed by atoms with E-state index in [4.69, 9.17) is 4.42 Å². The Kier molecular flexibility index (Phi) is 4.79. The molecule has 0 spiro atoms. The predicted molar refractivity (Wildman–Crippen MR) is 95.1 cm³/mol. The molecule has 1 N–H and O–H groups in total. The Hall–Kier alpha value is -2.90. The fourth-order valence-electron chi connectivity index (χ4n) is 3.55. The van der Waals surface area contributed by atoms with Crippen molar-refractivity contribution in [2.24, 2.45) is 0 Å². The van der Waals surface area contributed by atoms with Crippen LogP contribution in [0.5, 0.6) is 0 Å². The van der Waals surface area contributed by atoms with E-state index in [-0.39, 0.29) is 11.4 Å². The molecule has 1 aliphatic rings. The van der Waals surface area contributed by atoms with Gasteiger partial charge in [-0.05, 0) is 18.4 Å². The van der Waals surface area contributed by atoms with E-state index in [1.165, 1.54) is 24.4 Å². The number of rotatable bonds is 5. The van der Waals surface area contributed by atoms with E-state index in [2.05, 4.69) is 37.6 Å². The minimum Gasteiger partial charge on any atom is -0.415 e. The summed E-state index contributed by atoms with van der Waals surface area (Å²) in [6.45, 7) is 0. The average molecular weight is 371 g/mol. The Labute approximate surface area is 155 Å². The molecule has 1 aliphatic carbocycles. The Morgan fingerprint density at radius 3 is 2.30 bits per heavy atom. The first-order valence-electron chi connectivity index (χ1n) is 8.94. The van der Waals surface area contributed by atoms with Gasteiger partial charge in [-0.15, -0.1) is 10.2 Å². The van der Waals surface area contributed by atoms with Crippen molar-refractivity contribution in [1.29, 1.82) is 0 Å². The molecule has 0 bridgehead atoms. The molecule has 140 valence electrons. The van der Waals surface area contributed by atoms with E-state index in [1.807, 2.05) is 18.2 Å². The van der Waals surface area contributed by atoms with Gasteiger partial charge in [-0.1, -0.05) is 49.6 Å². The summed E-state index contributed by atoms with van der Waals surface area (Å²) >= 11 is 0. The third-order valence-electron chi connectivity index (χ3n) is 4.91. The van der Waals surface area contributed by atoms with Crippen LogP contribution in [0.3, 0.4) is 0 Å². The van der Waals surface area contributed by atoms with Crippen LogP contribution in [0.4, 0.5) is 14.7 Å². The number of halogens is 2. The van der Waals surface area contributed by atoms with Gasteiger partial charge < -0.3 is 9.73 Å². The van der Waals surface area contributed by atoms with E-state index < -0.39 is 12.3 Å². The van der Waals surface area contributed by atoms with E-state index in [9.17, 15) is 8.78 Å². The Bertz CT molecular complexity index is 877. The second-order valence-electron chi connectivity index (χ2n) is 6.68. The molecule has 1 saturated carbocycles. The zero-order chi connectivity index (χ0) is 18.7. The maximum absolute atomic E-state index is 12.6. The van der Waals surface area contributed by atoms with Gasteiger partial charge in [0.25, 0.3) is 11.8 Å². The van der Waals surface area contributed by atoms with Gasteiger partial charge in [0.2, 0.25) is 5.95 Å². The van der Waals surface area contributed by atoms with Crippen LogP contribution >= 0.6 is 0 Å². The molecule has 2 heterocycles. The molecule has 0 aliphatic heterocycles. The Morgan fingerprint density at radius 1 is 0.963 bits per heavy atom. The van der Waals surface area contributed by atoms with Gasteiger partial charge in [-0.25, -0.2) is 9.97 Å². The van der Waals surface area contributed by atoms with Crippen LogP contribution in [0.25, 0.3) is 11.5 Å². The van der Waals surface area contributed by atoms with Crippen molar-refractivity contribution < 1.29 is 13.2 Å². The first kappa shape index (κ1) is 17.5. The second-order valence-corrected chi connectivity index (χ2v) is 6.68. The van der Waals surface area contributed by atoms with E-state index >= 15 is 0 Å². The number of benzene rings is 1. The van der Waals surface area contributed by atoms with Crippen molar-refractivity contribution in [3.05, 3.63) is 54.2 Å². The van der Waals surface area contributed by atoms with E-state index in [0.717, 1.165) is 25.7 Å². The van der Waals surface area contributed by atoms with Crippen molar-refractivity contribution in [1.82, 2.24) is 20.2 Å². The molecular weight excluding hydrogens is 352 g/mol. The van der Waals surface area contributed by atoms with Gasteiger partial charge in [0, 0.05) is 12.4 Å². The van der Waals surface area contributed by atoms with Crippen LogP contribution in [0.1, 0.15) is 50.0 Å². The SMILES string of the molecule is FC(F)c1nnc(-c2cnc(NC3(c4ccccc4)CCCCC3)nc2)o1. The highest BCUT2D eigenvalue weighted by molar-refractivity contribution is 5.51. The third-order valence-corrected chi connectivity index (χ3v) is 4.91. The minimum atomic E-state index is -2.80. The zero-order valence-corrected chi connectivity index (χ0v) is 14.6. The average Bonchev–Trinajstić information content (AvgIpc) is 3.21. The van der Waals surface area contributed by atoms with Gasteiger partial charge in [0.1, 0.15) is 0 Å². The summed E-state index contributed by atoms with van der Waals surface area (Å²) in [4.78, 5) is 8.67. The molecule has 1 fully saturated rings. The molecule has 0 atom stereocenters. The Balaban J connectivity index is 1.57. The summed E-state index contributed by atoms with van der Waals surface area (Å²) in [5, 5.41) is 10.4. The topological polar surface area (TPSA) is 76.7 Å². The number of hydrogen-bond acceptors (Lipinski definition) is 6. The largest absolute Gasteiger partial charge is 0.415 e. The summed E-state index contributed by atoms with van der Waals surface area (Å²) < 4.78 is 30.1. The summed E-state index contributed by atoms with van der Waals surface area (Å²) in [6.07, 6.45) is 5.70. The fourth-order valence-corrected chi connectivity index (χ4v) is 3.55. The molecule has 0 radical (unpaired) electrons. The molecule has 4 rings (SSSR count). The van der Waals surface area contributed by atoms with E-state index in [0.29, 0.717) is 11.5 Å². The highest BCUT2D eigenvalue weighted by Crippen LogP contribution is 2.39. The number of aromatic nitrogens is 4.